The van der Waals surface area contributed by atoms with Crippen molar-refractivity contribution in [1.29, 1.82) is 0 Å². The van der Waals surface area contributed by atoms with Crippen LogP contribution in [0, 0.1) is 10.1 Å². The zero-order valence-electron chi connectivity index (χ0n) is 9.95. The molecular weight excluding hydrogens is 268 g/mol. The second kappa shape index (κ2) is 6.15. The third-order valence-electron chi connectivity index (χ3n) is 2.46. The van der Waals surface area contributed by atoms with E-state index >= 15 is 0 Å². The number of alkyl halides is 1. The van der Waals surface area contributed by atoms with Crippen LogP contribution in [0.5, 0.6) is 5.75 Å². The van der Waals surface area contributed by atoms with Crippen LogP contribution in [0.2, 0.25) is 0 Å². The highest BCUT2D eigenvalue weighted by Crippen LogP contribution is 2.16. The molecule has 0 N–H and O–H groups in total. The van der Waals surface area contributed by atoms with Crippen LogP contribution in [-0.2, 0) is 12.5 Å². The standard InChI is InChI=1S/C13H11ClN2O3/c14-7-11-4-5-13(8-15-11)19-9-10-2-1-3-12(6-10)16(17)18/h1-6,8H,7,9H2. The normalized spacial score (nSPS) is 10.2. The van der Waals surface area contributed by atoms with Gasteiger partial charge in [-0.05, 0) is 17.7 Å². The maximum atomic E-state index is 10.6. The predicted octanol–water partition coefficient (Wildman–Crippen LogP) is 3.31. The van der Waals surface area contributed by atoms with Crippen LogP contribution in [0.3, 0.4) is 0 Å². The number of nitro benzene ring substituents is 1. The fourth-order valence-electron chi connectivity index (χ4n) is 1.50. The van der Waals surface area contributed by atoms with E-state index in [2.05, 4.69) is 4.98 Å². The van der Waals surface area contributed by atoms with Gasteiger partial charge in [0.05, 0.1) is 22.7 Å². The average Bonchev–Trinajstić information content (AvgIpc) is 2.46. The minimum Gasteiger partial charge on any atom is -0.487 e. The van der Waals surface area contributed by atoms with Crippen molar-refractivity contribution >= 4 is 17.3 Å². The van der Waals surface area contributed by atoms with Gasteiger partial charge < -0.3 is 4.74 Å². The molecule has 0 amide bonds. The number of nitrogens with zero attached hydrogens (tertiary/aromatic N) is 2. The largest absolute Gasteiger partial charge is 0.487 e. The number of rotatable bonds is 5. The quantitative estimate of drug-likeness (QED) is 0.478. The fraction of sp³-hybridized carbons (Fsp3) is 0.154. The van der Waals surface area contributed by atoms with Gasteiger partial charge in [-0.2, -0.15) is 0 Å². The van der Waals surface area contributed by atoms with Crippen molar-refractivity contribution in [3.63, 3.8) is 0 Å². The molecule has 0 aliphatic heterocycles. The Balaban J connectivity index is 2.01. The lowest BCUT2D eigenvalue weighted by atomic mass is 10.2. The van der Waals surface area contributed by atoms with Crippen LogP contribution >= 0.6 is 11.6 Å². The minimum atomic E-state index is -0.430. The molecule has 19 heavy (non-hydrogen) atoms. The first-order chi connectivity index (χ1) is 9.19. The molecule has 2 rings (SSSR count). The van der Waals surface area contributed by atoms with Gasteiger partial charge in [-0.15, -0.1) is 11.6 Å². The number of non-ortho nitro benzene ring substituents is 1. The van der Waals surface area contributed by atoms with Gasteiger partial charge in [0.1, 0.15) is 12.4 Å². The van der Waals surface area contributed by atoms with Crippen LogP contribution in [0.1, 0.15) is 11.3 Å². The minimum absolute atomic E-state index is 0.0525. The van der Waals surface area contributed by atoms with Crippen molar-refractivity contribution < 1.29 is 9.66 Å². The average molecular weight is 279 g/mol. The Morgan fingerprint density at radius 3 is 2.79 bits per heavy atom. The van der Waals surface area contributed by atoms with E-state index in [1.165, 1.54) is 12.1 Å². The van der Waals surface area contributed by atoms with Crippen LogP contribution < -0.4 is 4.74 Å². The molecule has 0 bridgehead atoms. The van der Waals surface area contributed by atoms with Crippen molar-refractivity contribution in [1.82, 2.24) is 4.98 Å². The van der Waals surface area contributed by atoms with Crippen molar-refractivity contribution in [2.24, 2.45) is 0 Å². The molecule has 2 aromatic rings. The highest BCUT2D eigenvalue weighted by atomic mass is 35.5. The number of halogens is 1. The molecule has 0 aliphatic rings. The lowest BCUT2D eigenvalue weighted by Gasteiger charge is -2.06. The molecule has 0 fully saturated rings. The molecule has 1 aromatic carbocycles. The van der Waals surface area contributed by atoms with Crippen LogP contribution in [0.4, 0.5) is 5.69 Å². The molecule has 1 heterocycles. The monoisotopic (exact) mass is 278 g/mol. The fourth-order valence-corrected chi connectivity index (χ4v) is 1.66. The van der Waals surface area contributed by atoms with Crippen molar-refractivity contribution in [2.75, 3.05) is 0 Å². The van der Waals surface area contributed by atoms with Gasteiger partial charge in [0.25, 0.3) is 5.69 Å². The number of aromatic nitrogens is 1. The summed E-state index contributed by atoms with van der Waals surface area (Å²) in [5.74, 6) is 0.950. The van der Waals surface area contributed by atoms with Crippen LogP contribution in [0.15, 0.2) is 42.6 Å². The number of nitro groups is 1. The molecule has 6 heteroatoms. The van der Waals surface area contributed by atoms with E-state index in [0.29, 0.717) is 11.6 Å². The molecule has 0 aliphatic carbocycles. The molecular formula is C13H11ClN2O3. The Labute approximate surface area is 115 Å². The van der Waals surface area contributed by atoms with Crippen LogP contribution in [-0.4, -0.2) is 9.91 Å². The third kappa shape index (κ3) is 3.66. The molecule has 1 aromatic heterocycles. The predicted molar refractivity (Wildman–Crippen MR) is 71.2 cm³/mol. The molecule has 0 atom stereocenters. The highest BCUT2D eigenvalue weighted by molar-refractivity contribution is 6.16. The Hall–Kier alpha value is -2.14. The van der Waals surface area contributed by atoms with E-state index < -0.39 is 4.92 Å². The smallest absolute Gasteiger partial charge is 0.269 e. The molecule has 5 nitrogen and oxygen atoms in total. The lowest BCUT2D eigenvalue weighted by molar-refractivity contribution is -0.384. The van der Waals surface area contributed by atoms with Gasteiger partial charge in [-0.1, -0.05) is 12.1 Å². The van der Waals surface area contributed by atoms with Crippen LogP contribution in [0.25, 0.3) is 0 Å². The number of hydrogen-bond donors (Lipinski definition) is 0. The maximum Gasteiger partial charge on any atom is 0.269 e. The Morgan fingerprint density at radius 1 is 1.32 bits per heavy atom. The Bertz CT molecular complexity index is 572. The van der Waals surface area contributed by atoms with E-state index in [0.717, 1.165) is 11.3 Å². The summed E-state index contributed by atoms with van der Waals surface area (Å²) >= 11 is 5.63. The molecule has 98 valence electrons. The summed E-state index contributed by atoms with van der Waals surface area (Å²) in [5.41, 5.74) is 1.55. The second-order valence-electron chi connectivity index (χ2n) is 3.83. The SMILES string of the molecule is O=[N+]([O-])c1cccc(COc2ccc(CCl)nc2)c1. The van der Waals surface area contributed by atoms with Crippen molar-refractivity contribution in [3.05, 3.63) is 64.0 Å². The van der Waals surface area contributed by atoms with E-state index in [1.54, 1.807) is 30.5 Å². The topological polar surface area (TPSA) is 65.3 Å². The molecule has 0 saturated heterocycles. The summed E-state index contributed by atoms with van der Waals surface area (Å²) in [4.78, 5) is 14.3. The van der Waals surface area contributed by atoms with E-state index in [-0.39, 0.29) is 12.3 Å². The molecule has 0 radical (unpaired) electrons. The zero-order valence-corrected chi connectivity index (χ0v) is 10.7. The summed E-state index contributed by atoms with van der Waals surface area (Å²) < 4.78 is 5.50. The summed E-state index contributed by atoms with van der Waals surface area (Å²) in [7, 11) is 0. The highest BCUT2D eigenvalue weighted by Gasteiger charge is 2.06. The van der Waals surface area contributed by atoms with Crippen molar-refractivity contribution in [3.8, 4) is 5.75 Å². The van der Waals surface area contributed by atoms with Gasteiger partial charge in [0, 0.05) is 12.1 Å². The van der Waals surface area contributed by atoms with Crippen molar-refractivity contribution in [2.45, 2.75) is 12.5 Å². The second-order valence-corrected chi connectivity index (χ2v) is 4.10. The first-order valence-electron chi connectivity index (χ1n) is 5.56. The first kappa shape index (κ1) is 13.3. The molecule has 0 saturated carbocycles. The summed E-state index contributed by atoms with van der Waals surface area (Å²) in [6.07, 6.45) is 1.58. The van der Waals surface area contributed by atoms with Gasteiger partial charge in [0.15, 0.2) is 0 Å². The Kier molecular flexibility index (Phi) is 4.30. The first-order valence-corrected chi connectivity index (χ1v) is 6.09. The van der Waals surface area contributed by atoms with Gasteiger partial charge in [-0.3, -0.25) is 15.1 Å². The summed E-state index contributed by atoms with van der Waals surface area (Å²) in [6, 6.07) is 9.87. The number of hydrogen-bond acceptors (Lipinski definition) is 4. The van der Waals surface area contributed by atoms with Gasteiger partial charge >= 0.3 is 0 Å². The Morgan fingerprint density at radius 2 is 2.16 bits per heavy atom. The van der Waals surface area contributed by atoms with Gasteiger partial charge in [0.2, 0.25) is 0 Å². The number of pyridine rings is 1. The maximum absolute atomic E-state index is 10.6. The lowest BCUT2D eigenvalue weighted by Crippen LogP contribution is -1.97. The van der Waals surface area contributed by atoms with E-state index in [1.807, 2.05) is 0 Å². The zero-order chi connectivity index (χ0) is 13.7. The molecule has 0 spiro atoms. The number of ether oxygens (including phenoxy) is 1. The van der Waals surface area contributed by atoms with Gasteiger partial charge in [-0.25, -0.2) is 0 Å². The summed E-state index contributed by atoms with van der Waals surface area (Å²) in [6.45, 7) is 0.254. The summed E-state index contributed by atoms with van der Waals surface area (Å²) in [5, 5.41) is 10.6. The molecule has 0 unspecified atom stereocenters. The number of benzene rings is 1. The van der Waals surface area contributed by atoms with E-state index in [9.17, 15) is 10.1 Å². The third-order valence-corrected chi connectivity index (χ3v) is 2.74. The van der Waals surface area contributed by atoms with E-state index in [4.69, 9.17) is 16.3 Å².